The highest BCUT2D eigenvalue weighted by Gasteiger charge is 2.34. The van der Waals surface area contributed by atoms with E-state index in [9.17, 15) is 19.5 Å². The number of rotatable bonds is 8. The van der Waals surface area contributed by atoms with Crippen LogP contribution in [0.15, 0.2) is 65.1 Å². The van der Waals surface area contributed by atoms with Crippen molar-refractivity contribution in [3.63, 3.8) is 0 Å². The molecule has 2 atom stereocenters. The van der Waals surface area contributed by atoms with Crippen molar-refractivity contribution in [2.45, 2.75) is 13.0 Å². The Labute approximate surface area is 186 Å². The highest BCUT2D eigenvalue weighted by Crippen LogP contribution is 2.47. The van der Waals surface area contributed by atoms with E-state index in [0.717, 1.165) is 9.86 Å². The van der Waals surface area contributed by atoms with Crippen molar-refractivity contribution < 1.29 is 28.1 Å². The predicted molar refractivity (Wildman–Crippen MR) is 118 cm³/mol. The summed E-state index contributed by atoms with van der Waals surface area (Å²) in [4.78, 5) is 22.2. The number of ether oxygens (including phenoxy) is 1. The molecule has 0 aliphatic carbocycles. The Hall–Kier alpha value is -2.94. The summed E-state index contributed by atoms with van der Waals surface area (Å²) < 4.78 is 30.5. The molecule has 3 rings (SSSR count). The molecular weight excluding hydrogens is 491 g/mol. The molecule has 11 heteroatoms. The number of nitro groups is 1. The fourth-order valence-corrected chi connectivity index (χ4v) is 4.77. The number of carbonyl (C=O) groups excluding carboxylic acids is 1. The van der Waals surface area contributed by atoms with Crippen LogP contribution in [0.2, 0.25) is 0 Å². The van der Waals surface area contributed by atoms with E-state index in [1.165, 1.54) is 38.3 Å². The van der Waals surface area contributed by atoms with E-state index in [-0.39, 0.29) is 17.2 Å². The lowest BCUT2D eigenvalue weighted by molar-refractivity contribution is -0.384. The van der Waals surface area contributed by atoms with Crippen LogP contribution in [0.1, 0.15) is 6.92 Å². The summed E-state index contributed by atoms with van der Waals surface area (Å²) in [5.74, 6) is -0.356. The highest BCUT2D eigenvalue weighted by atomic mass is 79.9. The van der Waals surface area contributed by atoms with E-state index in [2.05, 4.69) is 25.8 Å². The molecule has 0 fully saturated rings. The number of carbonyl (C=O) groups is 1. The molecule has 3 aromatic rings. The zero-order chi connectivity index (χ0) is 22.6. The number of hydrogen-bond acceptors (Lipinski definition) is 7. The number of fused-ring (bicyclic) bond motifs is 1. The summed E-state index contributed by atoms with van der Waals surface area (Å²) in [5, 5.41) is 14.9. The average molecular weight is 509 g/mol. The molecule has 9 nitrogen and oxygen atoms in total. The van der Waals surface area contributed by atoms with Crippen LogP contribution in [0.5, 0.6) is 11.5 Å². The molecule has 162 valence electrons. The van der Waals surface area contributed by atoms with Crippen LogP contribution in [-0.2, 0) is 14.1 Å². The minimum Gasteiger partial charge on any atom is -0.468 e. The van der Waals surface area contributed by atoms with Crippen LogP contribution in [0.3, 0.4) is 0 Å². The molecule has 0 aliphatic rings. The Kier molecular flexibility index (Phi) is 6.94. The van der Waals surface area contributed by atoms with E-state index in [1.807, 2.05) is 12.1 Å². The number of benzene rings is 3. The van der Waals surface area contributed by atoms with Gasteiger partial charge in [0, 0.05) is 22.0 Å². The summed E-state index contributed by atoms with van der Waals surface area (Å²) in [6.07, 6.45) is 0. The van der Waals surface area contributed by atoms with Crippen LogP contribution in [0, 0.1) is 10.1 Å². The molecule has 0 spiro atoms. The standard InChI is InChI=1S/C20H18BrN2O7P/c1-13(20(24)28-2)22-31(27,29-15-9-7-14(8-10-15)23(25)26)30-19-12-11-18(21)16-5-3-4-6-17(16)19/h3-13H,1-2H3,(H,22,27)/t13-,31?/m0/s1. The molecule has 0 saturated heterocycles. The Morgan fingerprint density at radius 2 is 1.71 bits per heavy atom. The molecule has 0 amide bonds. The molecule has 0 aliphatic heterocycles. The molecule has 0 radical (unpaired) electrons. The van der Waals surface area contributed by atoms with Crippen LogP contribution in [0.4, 0.5) is 5.69 Å². The lowest BCUT2D eigenvalue weighted by atomic mass is 10.1. The Bertz CT molecular complexity index is 1170. The van der Waals surface area contributed by atoms with Crippen LogP contribution in [-0.4, -0.2) is 24.0 Å². The molecule has 1 unspecified atom stereocenters. The van der Waals surface area contributed by atoms with Gasteiger partial charge in [0.2, 0.25) is 0 Å². The van der Waals surface area contributed by atoms with Gasteiger partial charge in [-0.25, -0.2) is 4.57 Å². The van der Waals surface area contributed by atoms with Crippen molar-refractivity contribution in [2.24, 2.45) is 0 Å². The van der Waals surface area contributed by atoms with Crippen molar-refractivity contribution >= 4 is 46.1 Å². The van der Waals surface area contributed by atoms with E-state index in [4.69, 9.17) is 9.05 Å². The lowest BCUT2D eigenvalue weighted by Crippen LogP contribution is -2.35. The molecule has 31 heavy (non-hydrogen) atoms. The maximum atomic E-state index is 13.6. The normalized spacial score (nSPS) is 13.8. The number of hydrogen-bond donors (Lipinski definition) is 1. The number of halogens is 1. The SMILES string of the molecule is COC(=O)[C@H](C)NP(=O)(Oc1ccc([N+](=O)[O-])cc1)Oc1ccc(Br)c2ccccc12. The molecule has 0 aromatic heterocycles. The van der Waals surface area contributed by atoms with Crippen LogP contribution in [0.25, 0.3) is 10.8 Å². The zero-order valence-electron chi connectivity index (χ0n) is 16.5. The van der Waals surface area contributed by atoms with Gasteiger partial charge in [-0.05, 0) is 36.6 Å². The number of nitrogens with zero attached hydrogens (tertiary/aromatic N) is 1. The second-order valence-electron chi connectivity index (χ2n) is 6.40. The average Bonchev–Trinajstić information content (AvgIpc) is 2.75. The number of nitro benzene ring substituents is 1. The first-order chi connectivity index (χ1) is 14.7. The minimum atomic E-state index is -4.18. The second-order valence-corrected chi connectivity index (χ2v) is 8.87. The van der Waals surface area contributed by atoms with Gasteiger partial charge in [0.25, 0.3) is 5.69 Å². The quantitative estimate of drug-likeness (QED) is 0.190. The summed E-state index contributed by atoms with van der Waals surface area (Å²) >= 11 is 3.46. The maximum Gasteiger partial charge on any atom is 0.513 e. The monoisotopic (exact) mass is 508 g/mol. The van der Waals surface area contributed by atoms with Gasteiger partial charge < -0.3 is 13.8 Å². The zero-order valence-corrected chi connectivity index (χ0v) is 19.0. The van der Waals surface area contributed by atoms with Crippen LogP contribution < -0.4 is 14.1 Å². The first kappa shape index (κ1) is 22.7. The van der Waals surface area contributed by atoms with Crippen molar-refractivity contribution in [1.29, 1.82) is 0 Å². The van der Waals surface area contributed by atoms with E-state index < -0.39 is 24.7 Å². The largest absolute Gasteiger partial charge is 0.513 e. The molecule has 3 aromatic carbocycles. The fraction of sp³-hybridized carbons (Fsp3) is 0.150. The topological polar surface area (TPSA) is 117 Å². The van der Waals surface area contributed by atoms with Gasteiger partial charge in [0.05, 0.1) is 12.0 Å². The summed E-state index contributed by atoms with van der Waals surface area (Å²) in [6, 6.07) is 14.6. The van der Waals surface area contributed by atoms with E-state index in [1.54, 1.807) is 24.3 Å². The van der Waals surface area contributed by atoms with Gasteiger partial charge in [-0.1, -0.05) is 40.2 Å². The lowest BCUT2D eigenvalue weighted by Gasteiger charge is -2.23. The first-order valence-corrected chi connectivity index (χ1v) is 11.3. The first-order valence-electron chi connectivity index (χ1n) is 8.99. The fourth-order valence-electron chi connectivity index (χ4n) is 2.75. The Morgan fingerprint density at radius 3 is 2.32 bits per heavy atom. The number of nitrogens with one attached hydrogen (secondary N) is 1. The van der Waals surface area contributed by atoms with E-state index >= 15 is 0 Å². The summed E-state index contributed by atoms with van der Waals surface area (Å²) in [6.45, 7) is 1.45. The highest BCUT2D eigenvalue weighted by molar-refractivity contribution is 9.10. The number of non-ortho nitro benzene ring substituents is 1. The molecule has 0 bridgehead atoms. The number of esters is 1. The molecule has 0 saturated carbocycles. The van der Waals surface area contributed by atoms with Crippen molar-refractivity contribution in [1.82, 2.24) is 5.09 Å². The van der Waals surface area contributed by atoms with Crippen molar-refractivity contribution in [3.8, 4) is 11.5 Å². The minimum absolute atomic E-state index is 0.0555. The maximum absolute atomic E-state index is 13.6. The molecular formula is C20H18BrN2O7P. The summed E-state index contributed by atoms with van der Waals surface area (Å²) in [7, 11) is -2.98. The van der Waals surface area contributed by atoms with Gasteiger partial charge in [0.1, 0.15) is 17.5 Å². The van der Waals surface area contributed by atoms with Crippen molar-refractivity contribution in [3.05, 3.63) is 75.3 Å². The Balaban J connectivity index is 1.98. The van der Waals surface area contributed by atoms with E-state index in [0.29, 0.717) is 5.39 Å². The summed E-state index contributed by atoms with van der Waals surface area (Å²) in [5.41, 5.74) is -0.155. The van der Waals surface area contributed by atoms with Gasteiger partial charge in [-0.3, -0.25) is 14.9 Å². The van der Waals surface area contributed by atoms with Gasteiger partial charge in [-0.15, -0.1) is 0 Å². The van der Waals surface area contributed by atoms with Crippen LogP contribution >= 0.6 is 23.7 Å². The second kappa shape index (κ2) is 9.47. The third kappa shape index (κ3) is 5.41. The number of methoxy groups -OCH3 is 1. The third-order valence-corrected chi connectivity index (χ3v) is 6.51. The van der Waals surface area contributed by atoms with Crippen molar-refractivity contribution in [2.75, 3.05) is 7.11 Å². The third-order valence-electron chi connectivity index (χ3n) is 4.23. The van der Waals surface area contributed by atoms with Gasteiger partial charge in [-0.2, -0.15) is 5.09 Å². The van der Waals surface area contributed by atoms with Gasteiger partial charge in [0.15, 0.2) is 0 Å². The predicted octanol–water partition coefficient (Wildman–Crippen LogP) is 5.23. The van der Waals surface area contributed by atoms with Gasteiger partial charge >= 0.3 is 13.7 Å². The molecule has 1 N–H and O–H groups in total. The Morgan fingerprint density at radius 1 is 1.06 bits per heavy atom. The molecule has 0 heterocycles. The smallest absolute Gasteiger partial charge is 0.468 e.